The minimum atomic E-state index is -4.82. The highest BCUT2D eigenvalue weighted by Gasteiger charge is 2.31. The van der Waals surface area contributed by atoms with Gasteiger partial charge < -0.3 is 9.84 Å². The molecule has 0 atom stereocenters. The second-order valence-electron chi connectivity index (χ2n) is 8.21. The molecule has 37 heavy (non-hydrogen) atoms. The maximum atomic E-state index is 13.6. The van der Waals surface area contributed by atoms with E-state index in [0.717, 1.165) is 10.4 Å². The maximum absolute atomic E-state index is 13.6. The van der Waals surface area contributed by atoms with Gasteiger partial charge in [0.15, 0.2) is 10.0 Å². The molecule has 0 aliphatic carbocycles. The molecule has 0 radical (unpaired) electrons. The van der Waals surface area contributed by atoms with Crippen molar-refractivity contribution < 1.29 is 27.6 Å². The van der Waals surface area contributed by atoms with Crippen LogP contribution in [0.25, 0.3) is 27.9 Å². The summed E-state index contributed by atoms with van der Waals surface area (Å²) in [6.07, 6.45) is -1.60. The molecule has 2 aromatic carbocycles. The molecule has 0 aliphatic heterocycles. The van der Waals surface area contributed by atoms with Crippen molar-refractivity contribution in [1.82, 2.24) is 9.38 Å². The van der Waals surface area contributed by atoms with E-state index in [1.54, 1.807) is 53.4 Å². The van der Waals surface area contributed by atoms with Crippen LogP contribution in [0.1, 0.15) is 10.4 Å². The summed E-state index contributed by atoms with van der Waals surface area (Å²) >= 11 is 7.26. The number of rotatable bonds is 5. The van der Waals surface area contributed by atoms with Crippen LogP contribution in [0.4, 0.5) is 13.2 Å². The summed E-state index contributed by atoms with van der Waals surface area (Å²) in [6.45, 7) is 2.05. The van der Waals surface area contributed by atoms with Gasteiger partial charge in [0, 0.05) is 11.8 Å². The first kappa shape index (κ1) is 24.8. The Hall–Kier alpha value is -3.89. The van der Waals surface area contributed by atoms with Gasteiger partial charge in [-0.25, -0.2) is 9.78 Å². The Balaban J connectivity index is 1.67. The zero-order valence-corrected chi connectivity index (χ0v) is 20.7. The summed E-state index contributed by atoms with van der Waals surface area (Å²) in [4.78, 5) is 18.4. The van der Waals surface area contributed by atoms with E-state index in [2.05, 4.69) is 9.72 Å². The molecule has 6 nitrogen and oxygen atoms in total. The number of halogens is 4. The van der Waals surface area contributed by atoms with Crippen LogP contribution in [-0.4, -0.2) is 20.9 Å². The Kier molecular flexibility index (Phi) is 6.38. The van der Waals surface area contributed by atoms with E-state index in [9.17, 15) is 23.1 Å². The predicted octanol–water partition coefficient (Wildman–Crippen LogP) is 5.99. The molecule has 0 spiro atoms. The number of hydrogen-bond acceptors (Lipinski definition) is 5. The molecule has 0 fully saturated rings. The number of ether oxygens (including phenoxy) is 1. The highest BCUT2D eigenvalue weighted by molar-refractivity contribution is 7.15. The number of fused-ring (bicyclic) bond motifs is 1. The first-order valence-corrected chi connectivity index (χ1v) is 12.1. The van der Waals surface area contributed by atoms with E-state index in [1.165, 1.54) is 33.9 Å². The molecule has 0 saturated carbocycles. The zero-order chi connectivity index (χ0) is 26.3. The monoisotopic (exact) mass is 544 g/mol. The van der Waals surface area contributed by atoms with Crippen molar-refractivity contribution in [3.05, 3.63) is 98.3 Å². The number of benzene rings is 2. The first-order chi connectivity index (χ1) is 17.6. The van der Waals surface area contributed by atoms with E-state index in [4.69, 9.17) is 11.6 Å². The Labute approximate surface area is 217 Å². The number of aromatic hydroxyl groups is 1. The van der Waals surface area contributed by atoms with Gasteiger partial charge in [0.05, 0.1) is 11.1 Å². The van der Waals surface area contributed by atoms with E-state index in [-0.39, 0.29) is 23.7 Å². The lowest BCUT2D eigenvalue weighted by atomic mass is 9.99. The molecule has 3 heterocycles. The van der Waals surface area contributed by atoms with Crippen molar-refractivity contribution >= 4 is 28.6 Å². The fraction of sp³-hybridized carbons (Fsp3) is 0.115. The second-order valence-corrected chi connectivity index (χ2v) is 9.91. The fourth-order valence-corrected chi connectivity index (χ4v) is 5.18. The Morgan fingerprint density at radius 1 is 1.08 bits per heavy atom. The van der Waals surface area contributed by atoms with Crippen LogP contribution in [0.2, 0.25) is 4.47 Å². The van der Waals surface area contributed by atoms with Gasteiger partial charge in [-0.05, 0) is 53.9 Å². The van der Waals surface area contributed by atoms with Gasteiger partial charge in [0.25, 0.3) is 11.5 Å². The second kappa shape index (κ2) is 9.53. The van der Waals surface area contributed by atoms with E-state index in [1.807, 2.05) is 13.0 Å². The standard InChI is InChI=1S/C26H17ClF3N3O3S/c1-15-5-4-10-32-22(15)33(14-20-13-31-25(27)37-20)24(35)21(23(32)34)18-8-2-6-16(11-18)17-7-3-9-19(12-17)36-26(28,29)30/h2-13H,14H2,1H3/p+1. The Morgan fingerprint density at radius 2 is 1.78 bits per heavy atom. The van der Waals surface area contributed by atoms with Crippen LogP contribution in [0.5, 0.6) is 11.6 Å². The van der Waals surface area contributed by atoms with Crippen molar-refractivity contribution in [1.29, 1.82) is 0 Å². The van der Waals surface area contributed by atoms with Crippen LogP contribution in [0.3, 0.4) is 0 Å². The minimum Gasteiger partial charge on any atom is -0.477 e. The molecule has 0 bridgehead atoms. The van der Waals surface area contributed by atoms with E-state index < -0.39 is 11.9 Å². The van der Waals surface area contributed by atoms with Gasteiger partial charge in [0.2, 0.25) is 0 Å². The van der Waals surface area contributed by atoms with E-state index >= 15 is 0 Å². The highest BCUT2D eigenvalue weighted by Crippen LogP contribution is 2.32. The normalized spacial score (nSPS) is 11.7. The third-order valence-corrected chi connectivity index (χ3v) is 6.82. The van der Waals surface area contributed by atoms with Crippen LogP contribution in [-0.2, 0) is 6.54 Å². The number of aryl methyl sites for hydroxylation is 1. The topological polar surface area (TPSA) is 67.7 Å². The summed E-state index contributed by atoms with van der Waals surface area (Å²) in [7, 11) is 0. The number of hydrogen-bond donors (Lipinski definition) is 1. The lowest BCUT2D eigenvalue weighted by Gasteiger charge is -2.12. The summed E-state index contributed by atoms with van der Waals surface area (Å²) in [5, 5.41) is 11.4. The molecule has 0 saturated heterocycles. The Morgan fingerprint density at radius 3 is 2.49 bits per heavy atom. The lowest BCUT2D eigenvalue weighted by Crippen LogP contribution is -2.41. The van der Waals surface area contributed by atoms with Crippen molar-refractivity contribution in [2.75, 3.05) is 0 Å². The molecule has 1 N–H and O–H groups in total. The number of aromatic nitrogens is 3. The van der Waals surface area contributed by atoms with Crippen LogP contribution in [0.15, 0.2) is 77.9 Å². The van der Waals surface area contributed by atoms with Crippen LogP contribution in [0, 0.1) is 6.92 Å². The number of thiazole rings is 1. The number of pyridine rings is 1. The van der Waals surface area contributed by atoms with Gasteiger partial charge >= 0.3 is 11.9 Å². The molecule has 5 rings (SSSR count). The van der Waals surface area contributed by atoms with Crippen molar-refractivity contribution in [3.8, 4) is 33.9 Å². The molecule has 188 valence electrons. The van der Waals surface area contributed by atoms with Crippen LogP contribution < -0.4 is 14.9 Å². The van der Waals surface area contributed by atoms with Gasteiger partial charge in [-0.1, -0.05) is 41.9 Å². The molecule has 5 aromatic rings. The Bertz CT molecular complexity index is 1700. The average Bonchev–Trinajstić information content (AvgIpc) is 3.26. The smallest absolute Gasteiger partial charge is 0.477 e. The maximum Gasteiger partial charge on any atom is 0.573 e. The summed E-state index contributed by atoms with van der Waals surface area (Å²) < 4.78 is 45.6. The molecular weight excluding hydrogens is 527 g/mol. The quantitative estimate of drug-likeness (QED) is 0.276. The van der Waals surface area contributed by atoms with Gasteiger partial charge in [0.1, 0.15) is 12.3 Å². The van der Waals surface area contributed by atoms with Crippen molar-refractivity contribution in [2.24, 2.45) is 0 Å². The highest BCUT2D eigenvalue weighted by atomic mass is 35.5. The van der Waals surface area contributed by atoms with Crippen molar-refractivity contribution in [2.45, 2.75) is 19.8 Å². The zero-order valence-electron chi connectivity index (χ0n) is 19.2. The molecule has 0 unspecified atom stereocenters. The molecule has 0 aliphatic rings. The molecule has 0 amide bonds. The summed E-state index contributed by atoms with van der Waals surface area (Å²) in [6, 6.07) is 15.8. The first-order valence-electron chi connectivity index (χ1n) is 10.9. The van der Waals surface area contributed by atoms with Gasteiger partial charge in [-0.15, -0.1) is 24.5 Å². The third kappa shape index (κ3) is 5.03. The molecule has 3 aromatic heterocycles. The predicted molar refractivity (Wildman–Crippen MR) is 134 cm³/mol. The van der Waals surface area contributed by atoms with Crippen molar-refractivity contribution in [3.63, 3.8) is 0 Å². The van der Waals surface area contributed by atoms with Gasteiger partial charge in [-0.3, -0.25) is 0 Å². The van der Waals surface area contributed by atoms with Crippen LogP contribution >= 0.6 is 22.9 Å². The summed E-state index contributed by atoms with van der Waals surface area (Å²) in [5.74, 6) is -0.615. The largest absolute Gasteiger partial charge is 0.573 e. The number of nitrogens with zero attached hydrogens (tertiary/aromatic N) is 3. The third-order valence-electron chi connectivity index (χ3n) is 5.72. The minimum absolute atomic E-state index is 0.0447. The molecular formula is C26H18ClF3N3O3S+. The summed E-state index contributed by atoms with van der Waals surface area (Å²) in [5.41, 5.74) is 2.27. The van der Waals surface area contributed by atoms with Gasteiger partial charge in [-0.2, -0.15) is 8.97 Å². The average molecular weight is 545 g/mol. The number of alkyl halides is 3. The molecule has 11 heteroatoms. The lowest BCUT2D eigenvalue weighted by molar-refractivity contribution is -0.671. The SMILES string of the molecule is Cc1cccn2c(=O)c(-c3cccc(-c4cccc(OC(F)(F)F)c4)c3)c(O)[n+](Cc3cnc(Cl)s3)c12. The fourth-order valence-electron chi connectivity index (χ4n) is 4.21. The van der Waals surface area contributed by atoms with E-state index in [0.29, 0.717) is 26.8 Å².